The second kappa shape index (κ2) is 6.48. The first-order valence-corrected chi connectivity index (χ1v) is 7.96. The highest BCUT2D eigenvalue weighted by molar-refractivity contribution is 5.94. The summed E-state index contributed by atoms with van der Waals surface area (Å²) in [5.74, 6) is 0.257. The van der Waals surface area contributed by atoms with Gasteiger partial charge in [-0.1, -0.05) is 12.1 Å². The third-order valence-corrected chi connectivity index (χ3v) is 4.21. The molecule has 22 heavy (non-hydrogen) atoms. The molecule has 1 saturated carbocycles. The number of benzene rings is 1. The number of nitrogens with one attached hydrogen (secondary N) is 2. The van der Waals surface area contributed by atoms with Gasteiger partial charge in [-0.15, -0.1) is 0 Å². The van der Waals surface area contributed by atoms with Gasteiger partial charge in [-0.3, -0.25) is 9.59 Å². The monoisotopic (exact) mass is 302 g/mol. The Morgan fingerprint density at radius 3 is 2.45 bits per heavy atom. The molecule has 3 rings (SSSR count). The summed E-state index contributed by atoms with van der Waals surface area (Å²) in [5, 5.41) is 5.88. The van der Waals surface area contributed by atoms with Gasteiger partial charge in [0.2, 0.25) is 11.8 Å². The molecule has 0 bridgehead atoms. The first-order chi connectivity index (χ1) is 10.6. The third kappa shape index (κ3) is 3.65. The lowest BCUT2D eigenvalue weighted by molar-refractivity contribution is -0.130. The maximum Gasteiger partial charge on any atom is 0.249 e. The Hall–Kier alpha value is -1.88. The van der Waals surface area contributed by atoms with Crippen molar-refractivity contribution in [1.29, 1.82) is 0 Å². The molecular weight excluding hydrogens is 280 g/mol. The largest absolute Gasteiger partial charge is 0.368 e. The zero-order valence-corrected chi connectivity index (χ0v) is 12.8. The second-order valence-electron chi connectivity index (χ2n) is 6.12. The summed E-state index contributed by atoms with van der Waals surface area (Å²) in [5.41, 5.74) is 1.81. The smallest absolute Gasteiger partial charge is 0.249 e. The lowest BCUT2D eigenvalue weighted by Gasteiger charge is -2.17. The van der Waals surface area contributed by atoms with Crippen LogP contribution in [0.25, 0.3) is 0 Å². The zero-order chi connectivity index (χ0) is 15.5. The highest BCUT2D eigenvalue weighted by Crippen LogP contribution is 2.30. The number of carbonyl (C=O) groups excluding carboxylic acids is 2. The highest BCUT2D eigenvalue weighted by atomic mass is 16.5. The Morgan fingerprint density at radius 2 is 1.86 bits per heavy atom. The van der Waals surface area contributed by atoms with Crippen molar-refractivity contribution in [3.63, 3.8) is 0 Å². The van der Waals surface area contributed by atoms with Crippen LogP contribution < -0.4 is 10.6 Å². The van der Waals surface area contributed by atoms with E-state index in [2.05, 4.69) is 10.6 Å². The summed E-state index contributed by atoms with van der Waals surface area (Å²) in [4.78, 5) is 23.7. The van der Waals surface area contributed by atoms with Gasteiger partial charge in [0, 0.05) is 18.2 Å². The lowest BCUT2D eigenvalue weighted by atomic mass is 10.1. The van der Waals surface area contributed by atoms with Crippen molar-refractivity contribution in [3.8, 4) is 0 Å². The number of hydrogen-bond donors (Lipinski definition) is 2. The number of rotatable bonds is 5. The molecular formula is C17H22N2O3. The van der Waals surface area contributed by atoms with Crippen molar-refractivity contribution >= 4 is 17.5 Å². The summed E-state index contributed by atoms with van der Waals surface area (Å²) in [6, 6.07) is 7.55. The van der Waals surface area contributed by atoms with Crippen LogP contribution in [-0.2, 0) is 14.3 Å². The molecule has 2 N–H and O–H groups in total. The van der Waals surface area contributed by atoms with Gasteiger partial charge in [0.05, 0.1) is 6.04 Å². The molecule has 1 aromatic rings. The van der Waals surface area contributed by atoms with E-state index in [0.29, 0.717) is 6.61 Å². The molecule has 0 unspecified atom stereocenters. The van der Waals surface area contributed by atoms with Gasteiger partial charge in [-0.25, -0.2) is 0 Å². The number of ether oxygens (including phenoxy) is 1. The first kappa shape index (κ1) is 15.0. The fraction of sp³-hybridized carbons (Fsp3) is 0.529. The lowest BCUT2D eigenvalue weighted by Crippen LogP contribution is -2.35. The van der Waals surface area contributed by atoms with Gasteiger partial charge < -0.3 is 15.4 Å². The average Bonchev–Trinajstić information content (AvgIpc) is 3.22. The van der Waals surface area contributed by atoms with Crippen LogP contribution in [0.5, 0.6) is 0 Å². The average molecular weight is 302 g/mol. The standard InChI is InChI=1S/C17H22N2O3/c1-11(18-17(21)15-3-2-10-22-15)12-6-8-14(9-7-12)19-16(20)13-4-5-13/h6-9,11,13,15H,2-5,10H2,1H3,(H,18,21)(H,19,20)/t11-,15+/m1/s1. The molecule has 1 aromatic carbocycles. The van der Waals surface area contributed by atoms with Crippen molar-refractivity contribution in [2.75, 3.05) is 11.9 Å². The Balaban J connectivity index is 1.54. The van der Waals surface area contributed by atoms with E-state index in [4.69, 9.17) is 4.74 Å². The van der Waals surface area contributed by atoms with Crippen LogP contribution in [0.3, 0.4) is 0 Å². The van der Waals surface area contributed by atoms with Crippen molar-refractivity contribution in [2.24, 2.45) is 5.92 Å². The fourth-order valence-electron chi connectivity index (χ4n) is 2.62. The van der Waals surface area contributed by atoms with Gasteiger partial charge in [-0.05, 0) is 50.3 Å². The molecule has 0 aromatic heterocycles. The van der Waals surface area contributed by atoms with E-state index in [1.807, 2.05) is 31.2 Å². The highest BCUT2D eigenvalue weighted by Gasteiger charge is 2.29. The summed E-state index contributed by atoms with van der Waals surface area (Å²) in [6.07, 6.45) is 3.43. The minimum absolute atomic E-state index is 0.0453. The minimum atomic E-state index is -0.306. The van der Waals surface area contributed by atoms with Crippen LogP contribution >= 0.6 is 0 Å². The normalized spacial score (nSPS) is 22.1. The van der Waals surface area contributed by atoms with Crippen LogP contribution in [0.2, 0.25) is 0 Å². The molecule has 0 radical (unpaired) electrons. The maximum atomic E-state index is 12.0. The molecule has 2 fully saturated rings. The van der Waals surface area contributed by atoms with E-state index in [9.17, 15) is 9.59 Å². The number of amides is 2. The Kier molecular flexibility index (Phi) is 4.43. The van der Waals surface area contributed by atoms with E-state index in [-0.39, 0.29) is 29.9 Å². The maximum absolute atomic E-state index is 12.0. The molecule has 2 aliphatic rings. The predicted molar refractivity (Wildman–Crippen MR) is 83.3 cm³/mol. The number of anilines is 1. The van der Waals surface area contributed by atoms with Gasteiger partial charge in [0.1, 0.15) is 6.10 Å². The van der Waals surface area contributed by atoms with Gasteiger partial charge in [0.15, 0.2) is 0 Å². The van der Waals surface area contributed by atoms with Gasteiger partial charge >= 0.3 is 0 Å². The molecule has 1 saturated heterocycles. The van der Waals surface area contributed by atoms with Crippen molar-refractivity contribution in [2.45, 2.75) is 44.8 Å². The van der Waals surface area contributed by atoms with Gasteiger partial charge in [0.25, 0.3) is 0 Å². The quantitative estimate of drug-likeness (QED) is 0.877. The summed E-state index contributed by atoms with van der Waals surface area (Å²) < 4.78 is 5.38. The van der Waals surface area contributed by atoms with Crippen molar-refractivity contribution in [1.82, 2.24) is 5.32 Å². The SMILES string of the molecule is C[C@@H](NC(=O)[C@@H]1CCCO1)c1ccc(NC(=O)C2CC2)cc1. The Labute approximate surface area is 130 Å². The number of carbonyl (C=O) groups is 2. The minimum Gasteiger partial charge on any atom is -0.368 e. The van der Waals surface area contributed by atoms with E-state index in [0.717, 1.165) is 36.9 Å². The molecule has 0 spiro atoms. The molecule has 5 nitrogen and oxygen atoms in total. The topological polar surface area (TPSA) is 67.4 Å². The zero-order valence-electron chi connectivity index (χ0n) is 12.8. The van der Waals surface area contributed by atoms with Crippen LogP contribution in [0.1, 0.15) is 44.2 Å². The second-order valence-corrected chi connectivity index (χ2v) is 6.12. The molecule has 1 aliphatic carbocycles. The molecule has 118 valence electrons. The van der Waals surface area contributed by atoms with Crippen LogP contribution in [-0.4, -0.2) is 24.5 Å². The Morgan fingerprint density at radius 1 is 1.14 bits per heavy atom. The van der Waals surface area contributed by atoms with Crippen LogP contribution in [0.4, 0.5) is 5.69 Å². The van der Waals surface area contributed by atoms with Crippen molar-refractivity contribution in [3.05, 3.63) is 29.8 Å². The third-order valence-electron chi connectivity index (χ3n) is 4.21. The van der Waals surface area contributed by atoms with Crippen LogP contribution in [0, 0.1) is 5.92 Å². The van der Waals surface area contributed by atoms with E-state index < -0.39 is 0 Å². The van der Waals surface area contributed by atoms with E-state index in [1.165, 1.54) is 0 Å². The molecule has 1 heterocycles. The summed E-state index contributed by atoms with van der Waals surface area (Å²) in [6.45, 7) is 2.62. The number of hydrogen-bond acceptors (Lipinski definition) is 3. The van der Waals surface area contributed by atoms with Gasteiger partial charge in [-0.2, -0.15) is 0 Å². The summed E-state index contributed by atoms with van der Waals surface area (Å²) >= 11 is 0. The molecule has 2 atom stereocenters. The fourth-order valence-corrected chi connectivity index (χ4v) is 2.62. The van der Waals surface area contributed by atoms with Crippen LogP contribution in [0.15, 0.2) is 24.3 Å². The molecule has 5 heteroatoms. The molecule has 2 amide bonds. The van der Waals surface area contributed by atoms with E-state index >= 15 is 0 Å². The van der Waals surface area contributed by atoms with E-state index in [1.54, 1.807) is 0 Å². The summed E-state index contributed by atoms with van der Waals surface area (Å²) in [7, 11) is 0. The molecule has 1 aliphatic heterocycles. The van der Waals surface area contributed by atoms with Crippen molar-refractivity contribution < 1.29 is 14.3 Å². The Bertz CT molecular complexity index is 546. The predicted octanol–water partition coefficient (Wildman–Crippen LogP) is 2.39. The first-order valence-electron chi connectivity index (χ1n) is 7.96.